The molecule has 0 unspecified atom stereocenters. The SMILES string of the molecule is CCCCCCCC[C@H](NC(=O)C12CC3CC(CC(C3)C1)C2)C(N)=O. The number of hydrogen-bond acceptors (Lipinski definition) is 2. The fraction of sp³-hybridized carbons (Fsp3) is 0.905. The van der Waals surface area contributed by atoms with Gasteiger partial charge in [0.05, 0.1) is 0 Å². The van der Waals surface area contributed by atoms with Gasteiger partial charge in [-0.1, -0.05) is 45.4 Å². The molecule has 4 nitrogen and oxygen atoms in total. The molecular formula is C21H36N2O2. The number of primary amides is 1. The minimum absolute atomic E-state index is 0.126. The van der Waals surface area contributed by atoms with Crippen LogP contribution in [0.3, 0.4) is 0 Å². The van der Waals surface area contributed by atoms with E-state index >= 15 is 0 Å². The average Bonchev–Trinajstić information content (AvgIpc) is 2.55. The highest BCUT2D eigenvalue weighted by Gasteiger charge is 2.54. The quantitative estimate of drug-likeness (QED) is 0.587. The third-order valence-corrected chi connectivity index (χ3v) is 7.02. The van der Waals surface area contributed by atoms with Gasteiger partial charge in [0, 0.05) is 5.41 Å². The number of hydrogen-bond donors (Lipinski definition) is 2. The lowest BCUT2D eigenvalue weighted by atomic mass is 9.49. The normalized spacial score (nSPS) is 34.0. The van der Waals surface area contributed by atoms with Crippen molar-refractivity contribution in [1.82, 2.24) is 5.32 Å². The molecule has 4 fully saturated rings. The third kappa shape index (κ3) is 4.38. The number of nitrogens with one attached hydrogen (secondary N) is 1. The summed E-state index contributed by atoms with van der Waals surface area (Å²) in [5.41, 5.74) is 5.39. The minimum Gasteiger partial charge on any atom is -0.368 e. The molecule has 0 aromatic carbocycles. The predicted molar refractivity (Wildman–Crippen MR) is 99.7 cm³/mol. The molecule has 4 aliphatic carbocycles. The second kappa shape index (κ2) is 8.09. The first-order valence-electron chi connectivity index (χ1n) is 10.6. The monoisotopic (exact) mass is 348 g/mol. The van der Waals surface area contributed by atoms with E-state index in [1.807, 2.05) is 0 Å². The van der Waals surface area contributed by atoms with Gasteiger partial charge in [-0.3, -0.25) is 9.59 Å². The standard InChI is InChI=1S/C21H36N2O2/c1-2-3-4-5-6-7-8-18(19(22)24)23-20(25)21-12-15-9-16(13-21)11-17(10-15)14-21/h15-18H,2-14H2,1H3,(H2,22,24)(H,23,25)/t15?,16?,17?,18-,21?/m0/s1. The number of carbonyl (C=O) groups is 2. The minimum atomic E-state index is -0.480. The Balaban J connectivity index is 1.50. The van der Waals surface area contributed by atoms with Crippen molar-refractivity contribution in [2.45, 2.75) is 96.4 Å². The molecule has 2 amide bonds. The first kappa shape index (κ1) is 18.7. The van der Waals surface area contributed by atoms with Gasteiger partial charge in [0.1, 0.15) is 6.04 Å². The smallest absolute Gasteiger partial charge is 0.239 e. The van der Waals surface area contributed by atoms with Crippen LogP contribution >= 0.6 is 0 Å². The molecule has 1 atom stereocenters. The summed E-state index contributed by atoms with van der Waals surface area (Å²) >= 11 is 0. The second-order valence-corrected chi connectivity index (χ2v) is 9.18. The van der Waals surface area contributed by atoms with Crippen LogP contribution in [0.4, 0.5) is 0 Å². The van der Waals surface area contributed by atoms with Crippen molar-refractivity contribution < 1.29 is 9.59 Å². The summed E-state index contributed by atoms with van der Waals surface area (Å²) in [5, 5.41) is 3.06. The van der Waals surface area contributed by atoms with E-state index in [0.29, 0.717) is 6.42 Å². The number of nitrogens with two attached hydrogens (primary N) is 1. The topological polar surface area (TPSA) is 72.2 Å². The summed E-state index contributed by atoms with van der Waals surface area (Å²) in [6.45, 7) is 2.21. The fourth-order valence-electron chi connectivity index (χ4n) is 6.11. The van der Waals surface area contributed by atoms with Gasteiger partial charge < -0.3 is 11.1 Å². The molecule has 0 aromatic rings. The lowest BCUT2D eigenvalue weighted by Gasteiger charge is -2.55. The van der Waals surface area contributed by atoms with Crippen LogP contribution in [0.25, 0.3) is 0 Å². The van der Waals surface area contributed by atoms with Crippen LogP contribution in [0, 0.1) is 23.2 Å². The van der Waals surface area contributed by atoms with E-state index in [1.54, 1.807) is 0 Å². The molecule has 0 aliphatic heterocycles. The predicted octanol–water partition coefficient (Wildman–Crippen LogP) is 3.92. The molecule has 4 saturated carbocycles. The Morgan fingerprint density at radius 2 is 1.48 bits per heavy atom. The summed E-state index contributed by atoms with van der Waals surface area (Å²) in [6, 6.07) is -0.480. The molecule has 4 heteroatoms. The molecule has 0 saturated heterocycles. The molecule has 25 heavy (non-hydrogen) atoms. The number of unbranched alkanes of at least 4 members (excludes halogenated alkanes) is 5. The van der Waals surface area contributed by atoms with Crippen molar-refractivity contribution in [1.29, 1.82) is 0 Å². The highest BCUT2D eigenvalue weighted by Crippen LogP contribution is 2.60. The Morgan fingerprint density at radius 1 is 0.960 bits per heavy atom. The Bertz CT molecular complexity index is 453. The summed E-state index contributed by atoms with van der Waals surface area (Å²) in [6.07, 6.45) is 14.9. The lowest BCUT2D eigenvalue weighted by molar-refractivity contribution is -0.148. The van der Waals surface area contributed by atoms with Gasteiger partial charge in [-0.15, -0.1) is 0 Å². The highest BCUT2D eigenvalue weighted by atomic mass is 16.2. The molecular weight excluding hydrogens is 312 g/mol. The summed E-state index contributed by atoms with van der Waals surface area (Å²) in [7, 11) is 0. The Kier molecular flexibility index (Phi) is 6.06. The van der Waals surface area contributed by atoms with E-state index in [2.05, 4.69) is 12.2 Å². The van der Waals surface area contributed by atoms with E-state index in [-0.39, 0.29) is 17.2 Å². The maximum Gasteiger partial charge on any atom is 0.239 e. The third-order valence-electron chi connectivity index (χ3n) is 7.02. The van der Waals surface area contributed by atoms with Crippen LogP contribution in [0.2, 0.25) is 0 Å². The molecule has 0 spiro atoms. The van der Waals surface area contributed by atoms with Crippen molar-refractivity contribution in [3.05, 3.63) is 0 Å². The Hall–Kier alpha value is -1.06. The van der Waals surface area contributed by atoms with Crippen molar-refractivity contribution in [3.63, 3.8) is 0 Å². The summed E-state index contributed by atoms with van der Waals surface area (Å²) < 4.78 is 0. The van der Waals surface area contributed by atoms with E-state index < -0.39 is 6.04 Å². The molecule has 4 rings (SSSR count). The molecule has 3 N–H and O–H groups in total. The van der Waals surface area contributed by atoms with Crippen LogP contribution in [0.1, 0.15) is 90.4 Å². The van der Waals surface area contributed by atoms with E-state index in [9.17, 15) is 9.59 Å². The number of amides is 2. The summed E-state index contributed by atoms with van der Waals surface area (Å²) in [5.74, 6) is 1.97. The fourth-order valence-corrected chi connectivity index (χ4v) is 6.11. The van der Waals surface area contributed by atoms with Crippen molar-refractivity contribution >= 4 is 11.8 Å². The maximum atomic E-state index is 13.1. The zero-order valence-corrected chi connectivity index (χ0v) is 15.9. The number of rotatable bonds is 10. The molecule has 4 aliphatic rings. The van der Waals surface area contributed by atoms with E-state index in [1.165, 1.54) is 44.9 Å². The van der Waals surface area contributed by atoms with Crippen LogP contribution < -0.4 is 11.1 Å². The molecule has 142 valence electrons. The van der Waals surface area contributed by atoms with Gasteiger partial charge >= 0.3 is 0 Å². The van der Waals surface area contributed by atoms with Crippen molar-refractivity contribution in [2.75, 3.05) is 0 Å². The van der Waals surface area contributed by atoms with Crippen molar-refractivity contribution in [2.24, 2.45) is 28.9 Å². The van der Waals surface area contributed by atoms with Gasteiger partial charge in [0.2, 0.25) is 11.8 Å². The highest BCUT2D eigenvalue weighted by molar-refractivity contribution is 5.89. The van der Waals surface area contributed by atoms with Crippen LogP contribution in [0.5, 0.6) is 0 Å². The summed E-state index contributed by atoms with van der Waals surface area (Å²) in [4.78, 5) is 24.9. The Labute approximate surface area is 152 Å². The molecule has 4 bridgehead atoms. The van der Waals surface area contributed by atoms with Gasteiger partial charge in [-0.2, -0.15) is 0 Å². The van der Waals surface area contributed by atoms with Crippen molar-refractivity contribution in [3.8, 4) is 0 Å². The zero-order valence-electron chi connectivity index (χ0n) is 15.9. The average molecular weight is 349 g/mol. The van der Waals surface area contributed by atoms with E-state index in [4.69, 9.17) is 5.73 Å². The molecule has 0 heterocycles. The van der Waals surface area contributed by atoms with Crippen LogP contribution in [0.15, 0.2) is 0 Å². The second-order valence-electron chi connectivity index (χ2n) is 9.18. The van der Waals surface area contributed by atoms with Crippen LogP contribution in [-0.2, 0) is 9.59 Å². The lowest BCUT2D eigenvalue weighted by Crippen LogP contribution is -2.56. The molecule has 0 radical (unpaired) electrons. The largest absolute Gasteiger partial charge is 0.368 e. The first-order chi connectivity index (χ1) is 12.0. The van der Waals surface area contributed by atoms with Gasteiger partial charge in [0.15, 0.2) is 0 Å². The molecule has 0 aromatic heterocycles. The zero-order chi connectivity index (χ0) is 17.9. The van der Waals surface area contributed by atoms with Gasteiger partial charge in [0.25, 0.3) is 0 Å². The van der Waals surface area contributed by atoms with Crippen LogP contribution in [-0.4, -0.2) is 17.9 Å². The first-order valence-corrected chi connectivity index (χ1v) is 10.6. The maximum absolute atomic E-state index is 13.1. The van der Waals surface area contributed by atoms with Gasteiger partial charge in [-0.05, 0) is 62.7 Å². The van der Waals surface area contributed by atoms with Gasteiger partial charge in [-0.25, -0.2) is 0 Å². The van der Waals surface area contributed by atoms with E-state index in [0.717, 1.165) is 49.9 Å². The number of carbonyl (C=O) groups excluding carboxylic acids is 2. The Morgan fingerprint density at radius 3 is 2.00 bits per heavy atom.